The van der Waals surface area contributed by atoms with Gasteiger partial charge in [-0.15, -0.1) is 0 Å². The van der Waals surface area contributed by atoms with Gasteiger partial charge in [0, 0.05) is 11.6 Å². The standard InChI is InChI=1S/C16H13Cl2N3O2/c1-3-23-16(22)13-7-10-8-19-9(2)15(21(10)20-13)11-5-4-6-12(17)14(11)18/h4-8H,3H2,1-2H3. The number of fused-ring (bicyclic) bond motifs is 1. The van der Waals surface area contributed by atoms with Gasteiger partial charge in [0.2, 0.25) is 0 Å². The van der Waals surface area contributed by atoms with Gasteiger partial charge in [0.25, 0.3) is 0 Å². The number of halogens is 2. The number of ether oxygens (including phenoxy) is 1. The van der Waals surface area contributed by atoms with Crippen LogP contribution < -0.4 is 0 Å². The van der Waals surface area contributed by atoms with Crippen LogP contribution in [0, 0.1) is 6.92 Å². The summed E-state index contributed by atoms with van der Waals surface area (Å²) in [5.74, 6) is -0.475. The summed E-state index contributed by atoms with van der Waals surface area (Å²) < 4.78 is 6.62. The van der Waals surface area contributed by atoms with E-state index in [2.05, 4.69) is 10.1 Å². The lowest BCUT2D eigenvalue weighted by Gasteiger charge is -2.10. The third kappa shape index (κ3) is 2.78. The quantitative estimate of drug-likeness (QED) is 0.665. The molecule has 7 heteroatoms. The molecule has 3 rings (SSSR count). The zero-order valence-electron chi connectivity index (χ0n) is 12.5. The molecule has 2 aromatic heterocycles. The number of rotatable bonds is 3. The van der Waals surface area contributed by atoms with E-state index in [0.717, 1.165) is 5.69 Å². The molecule has 0 aliphatic heterocycles. The number of aryl methyl sites for hydroxylation is 1. The van der Waals surface area contributed by atoms with Gasteiger partial charge in [-0.3, -0.25) is 4.98 Å². The minimum atomic E-state index is -0.475. The molecule has 0 atom stereocenters. The Kier molecular flexibility index (Phi) is 4.24. The van der Waals surface area contributed by atoms with Gasteiger partial charge in [0.05, 0.1) is 39.8 Å². The molecule has 23 heavy (non-hydrogen) atoms. The van der Waals surface area contributed by atoms with Crippen LogP contribution in [-0.2, 0) is 4.74 Å². The van der Waals surface area contributed by atoms with Crippen LogP contribution in [0.15, 0.2) is 30.5 Å². The molecule has 5 nitrogen and oxygen atoms in total. The number of carbonyl (C=O) groups is 1. The van der Waals surface area contributed by atoms with Crippen molar-refractivity contribution >= 4 is 34.7 Å². The van der Waals surface area contributed by atoms with E-state index in [1.807, 2.05) is 13.0 Å². The smallest absolute Gasteiger partial charge is 0.358 e. The second-order valence-corrected chi connectivity index (χ2v) is 5.67. The monoisotopic (exact) mass is 349 g/mol. The van der Waals surface area contributed by atoms with Crippen LogP contribution in [0.3, 0.4) is 0 Å². The average Bonchev–Trinajstić information content (AvgIpc) is 2.95. The van der Waals surface area contributed by atoms with Gasteiger partial charge in [-0.1, -0.05) is 35.3 Å². The van der Waals surface area contributed by atoms with Gasteiger partial charge < -0.3 is 4.74 Å². The van der Waals surface area contributed by atoms with E-state index in [9.17, 15) is 4.79 Å². The first-order valence-electron chi connectivity index (χ1n) is 6.99. The maximum atomic E-state index is 11.9. The van der Waals surface area contributed by atoms with Crippen LogP contribution in [0.1, 0.15) is 23.1 Å². The Hall–Kier alpha value is -2.11. The Morgan fingerprint density at radius 1 is 1.35 bits per heavy atom. The normalized spacial score (nSPS) is 11.0. The molecule has 0 fully saturated rings. The van der Waals surface area contributed by atoms with Crippen molar-refractivity contribution in [2.45, 2.75) is 13.8 Å². The third-order valence-electron chi connectivity index (χ3n) is 3.37. The Balaban J connectivity index is 2.25. The van der Waals surface area contributed by atoms with Crippen LogP contribution in [0.25, 0.3) is 16.8 Å². The lowest BCUT2D eigenvalue weighted by atomic mass is 10.1. The summed E-state index contributed by atoms with van der Waals surface area (Å²) in [4.78, 5) is 16.3. The van der Waals surface area contributed by atoms with E-state index in [0.29, 0.717) is 26.8 Å². The van der Waals surface area contributed by atoms with Crippen LogP contribution in [0.5, 0.6) is 0 Å². The first-order valence-corrected chi connectivity index (χ1v) is 7.75. The highest BCUT2D eigenvalue weighted by Gasteiger charge is 2.18. The zero-order chi connectivity index (χ0) is 16.6. The summed E-state index contributed by atoms with van der Waals surface area (Å²) in [6.45, 7) is 3.88. The van der Waals surface area contributed by atoms with E-state index in [1.165, 1.54) is 0 Å². The number of carbonyl (C=O) groups excluding carboxylic acids is 1. The van der Waals surface area contributed by atoms with Crippen molar-refractivity contribution in [3.63, 3.8) is 0 Å². The molecule has 0 spiro atoms. The minimum absolute atomic E-state index is 0.221. The van der Waals surface area contributed by atoms with Crippen molar-refractivity contribution in [1.29, 1.82) is 0 Å². The number of esters is 1. The van der Waals surface area contributed by atoms with Crippen molar-refractivity contribution < 1.29 is 9.53 Å². The molecule has 118 valence electrons. The maximum absolute atomic E-state index is 11.9. The molecule has 0 saturated carbocycles. The summed E-state index contributed by atoms with van der Waals surface area (Å²) in [5.41, 5.74) is 3.00. The van der Waals surface area contributed by atoms with Crippen molar-refractivity contribution in [1.82, 2.24) is 14.6 Å². The highest BCUT2D eigenvalue weighted by molar-refractivity contribution is 6.43. The van der Waals surface area contributed by atoms with Crippen LogP contribution in [0.4, 0.5) is 0 Å². The highest BCUT2D eigenvalue weighted by Crippen LogP contribution is 2.34. The molecule has 1 aromatic carbocycles. The van der Waals surface area contributed by atoms with Crippen LogP contribution in [-0.4, -0.2) is 27.2 Å². The van der Waals surface area contributed by atoms with Crippen LogP contribution in [0.2, 0.25) is 10.0 Å². The van der Waals surface area contributed by atoms with Crippen LogP contribution >= 0.6 is 23.2 Å². The summed E-state index contributed by atoms with van der Waals surface area (Å²) in [6.07, 6.45) is 1.65. The molecule has 0 aliphatic carbocycles. The molecule has 0 radical (unpaired) electrons. The van der Waals surface area contributed by atoms with Gasteiger partial charge in [0.1, 0.15) is 0 Å². The minimum Gasteiger partial charge on any atom is -0.461 e. The predicted octanol–water partition coefficient (Wildman–Crippen LogP) is 4.19. The molecule has 3 aromatic rings. The summed E-state index contributed by atoms with van der Waals surface area (Å²) in [5, 5.41) is 5.20. The SMILES string of the molecule is CCOC(=O)c1cc2cnc(C)c(-c3cccc(Cl)c3Cl)n2n1. The van der Waals surface area contributed by atoms with E-state index in [4.69, 9.17) is 27.9 Å². The fraction of sp³-hybridized carbons (Fsp3) is 0.188. The first kappa shape index (κ1) is 15.8. The molecular weight excluding hydrogens is 337 g/mol. The molecule has 0 N–H and O–H groups in total. The second-order valence-electron chi connectivity index (χ2n) is 4.88. The van der Waals surface area contributed by atoms with Crippen molar-refractivity contribution in [2.75, 3.05) is 6.61 Å². The Labute approximate surface area is 142 Å². The van der Waals surface area contributed by atoms with E-state index in [1.54, 1.807) is 35.8 Å². The third-order valence-corrected chi connectivity index (χ3v) is 4.19. The maximum Gasteiger partial charge on any atom is 0.358 e. The number of nitrogens with zero attached hydrogens (tertiary/aromatic N) is 3. The summed E-state index contributed by atoms with van der Waals surface area (Å²) in [7, 11) is 0. The van der Waals surface area contributed by atoms with E-state index < -0.39 is 5.97 Å². The molecule has 0 amide bonds. The number of hydrogen-bond donors (Lipinski definition) is 0. The molecule has 0 aliphatic rings. The van der Waals surface area contributed by atoms with Gasteiger partial charge in [0.15, 0.2) is 5.69 Å². The topological polar surface area (TPSA) is 56.5 Å². The van der Waals surface area contributed by atoms with Crippen molar-refractivity contribution in [3.05, 3.63) is 51.9 Å². The number of benzene rings is 1. The van der Waals surface area contributed by atoms with Gasteiger partial charge in [-0.25, -0.2) is 9.31 Å². The molecular formula is C16H13Cl2N3O2. The predicted molar refractivity (Wildman–Crippen MR) is 89.1 cm³/mol. The largest absolute Gasteiger partial charge is 0.461 e. The average molecular weight is 350 g/mol. The summed E-state index contributed by atoms with van der Waals surface area (Å²) in [6, 6.07) is 6.98. The lowest BCUT2D eigenvalue weighted by Crippen LogP contribution is -2.06. The van der Waals surface area contributed by atoms with E-state index >= 15 is 0 Å². The van der Waals surface area contributed by atoms with E-state index in [-0.39, 0.29) is 12.3 Å². The van der Waals surface area contributed by atoms with Gasteiger partial charge >= 0.3 is 5.97 Å². The molecule has 0 saturated heterocycles. The molecule has 2 heterocycles. The Morgan fingerprint density at radius 2 is 2.13 bits per heavy atom. The van der Waals surface area contributed by atoms with Gasteiger partial charge in [-0.05, 0) is 19.9 Å². The first-order chi connectivity index (χ1) is 11.0. The van der Waals surface area contributed by atoms with Crippen molar-refractivity contribution in [2.24, 2.45) is 0 Å². The summed E-state index contributed by atoms with van der Waals surface area (Å²) >= 11 is 12.4. The fourth-order valence-electron chi connectivity index (χ4n) is 2.34. The Bertz CT molecular complexity index is 906. The van der Waals surface area contributed by atoms with Crippen molar-refractivity contribution in [3.8, 4) is 11.3 Å². The Morgan fingerprint density at radius 3 is 2.87 bits per heavy atom. The lowest BCUT2D eigenvalue weighted by molar-refractivity contribution is 0.0519. The highest BCUT2D eigenvalue weighted by atomic mass is 35.5. The number of aromatic nitrogens is 3. The fourth-order valence-corrected chi connectivity index (χ4v) is 2.73. The van der Waals surface area contributed by atoms with Gasteiger partial charge in [-0.2, -0.15) is 5.10 Å². The molecule has 0 bridgehead atoms. The second kappa shape index (κ2) is 6.18. The number of hydrogen-bond acceptors (Lipinski definition) is 4. The molecule has 0 unspecified atom stereocenters. The zero-order valence-corrected chi connectivity index (χ0v) is 14.0.